The second kappa shape index (κ2) is 11.6. The lowest BCUT2D eigenvalue weighted by Gasteiger charge is -2.36. The van der Waals surface area contributed by atoms with Crippen molar-refractivity contribution in [2.45, 2.75) is 32.9 Å². The van der Waals surface area contributed by atoms with Crippen LogP contribution in [0.4, 0.5) is 0 Å². The number of aliphatic hydroxyl groups excluding tert-OH is 1. The number of aliphatic imine (C=N–C) groups is 1. The van der Waals surface area contributed by atoms with E-state index in [1.165, 1.54) is 0 Å². The van der Waals surface area contributed by atoms with E-state index in [4.69, 9.17) is 4.74 Å². The standard InChI is InChI=1S/C21H35N5O3/c1-5-22-21(23-14-19(27)17-7-6-8-18(13-17)29-4)26-11-9-25(10-12-26)15-20(28)24-16(2)3/h6-8,13,16,19,27H,5,9-12,14-15H2,1-4H3,(H,22,23)(H,24,28). The maximum absolute atomic E-state index is 12.0. The normalized spacial score (nSPS) is 16.6. The summed E-state index contributed by atoms with van der Waals surface area (Å²) in [7, 11) is 1.61. The fourth-order valence-electron chi connectivity index (χ4n) is 3.24. The molecule has 0 radical (unpaired) electrons. The second-order valence-corrected chi connectivity index (χ2v) is 7.47. The number of aliphatic hydroxyl groups is 1. The van der Waals surface area contributed by atoms with Gasteiger partial charge in [-0.1, -0.05) is 12.1 Å². The van der Waals surface area contributed by atoms with Gasteiger partial charge in [-0.15, -0.1) is 0 Å². The number of guanidine groups is 1. The van der Waals surface area contributed by atoms with Crippen LogP contribution in [-0.2, 0) is 4.79 Å². The van der Waals surface area contributed by atoms with Crippen molar-refractivity contribution in [2.24, 2.45) is 4.99 Å². The molecule has 1 aliphatic rings. The summed E-state index contributed by atoms with van der Waals surface area (Å²) in [6, 6.07) is 7.57. The Morgan fingerprint density at radius 2 is 2.00 bits per heavy atom. The van der Waals surface area contributed by atoms with Crippen LogP contribution in [0, 0.1) is 0 Å². The zero-order valence-corrected chi connectivity index (χ0v) is 18.0. The Bertz CT molecular complexity index is 672. The van der Waals surface area contributed by atoms with E-state index in [0.29, 0.717) is 6.54 Å². The van der Waals surface area contributed by atoms with Crippen molar-refractivity contribution < 1.29 is 14.6 Å². The number of amides is 1. The maximum Gasteiger partial charge on any atom is 0.234 e. The molecule has 0 aliphatic carbocycles. The van der Waals surface area contributed by atoms with Crippen LogP contribution in [-0.4, -0.2) is 85.7 Å². The van der Waals surface area contributed by atoms with Gasteiger partial charge in [-0.05, 0) is 38.5 Å². The summed E-state index contributed by atoms with van der Waals surface area (Å²) in [5.74, 6) is 1.58. The molecule has 1 atom stereocenters. The van der Waals surface area contributed by atoms with E-state index < -0.39 is 6.10 Å². The zero-order chi connectivity index (χ0) is 21.2. The molecular weight excluding hydrogens is 370 g/mol. The Morgan fingerprint density at radius 3 is 2.62 bits per heavy atom. The molecule has 1 amide bonds. The number of hydrogen-bond donors (Lipinski definition) is 3. The fourth-order valence-corrected chi connectivity index (χ4v) is 3.24. The minimum Gasteiger partial charge on any atom is -0.497 e. The van der Waals surface area contributed by atoms with Gasteiger partial charge in [0.15, 0.2) is 5.96 Å². The summed E-state index contributed by atoms with van der Waals surface area (Å²) in [4.78, 5) is 20.9. The highest BCUT2D eigenvalue weighted by Crippen LogP contribution is 2.19. The van der Waals surface area contributed by atoms with E-state index in [-0.39, 0.29) is 18.5 Å². The van der Waals surface area contributed by atoms with E-state index >= 15 is 0 Å². The molecule has 0 spiro atoms. The summed E-state index contributed by atoms with van der Waals surface area (Å²) in [5, 5.41) is 16.7. The van der Waals surface area contributed by atoms with Gasteiger partial charge in [0, 0.05) is 38.8 Å². The molecule has 8 nitrogen and oxygen atoms in total. The first kappa shape index (κ1) is 23.0. The van der Waals surface area contributed by atoms with Crippen molar-refractivity contribution >= 4 is 11.9 Å². The fraction of sp³-hybridized carbons (Fsp3) is 0.619. The molecule has 29 heavy (non-hydrogen) atoms. The molecule has 1 unspecified atom stereocenters. The lowest BCUT2D eigenvalue weighted by atomic mass is 10.1. The highest BCUT2D eigenvalue weighted by atomic mass is 16.5. The molecule has 1 aromatic carbocycles. The van der Waals surface area contributed by atoms with Gasteiger partial charge >= 0.3 is 0 Å². The summed E-state index contributed by atoms with van der Waals surface area (Å²) < 4.78 is 5.22. The van der Waals surface area contributed by atoms with Crippen molar-refractivity contribution in [3.05, 3.63) is 29.8 Å². The highest BCUT2D eigenvalue weighted by molar-refractivity contribution is 5.80. The van der Waals surface area contributed by atoms with E-state index in [1.54, 1.807) is 7.11 Å². The summed E-state index contributed by atoms with van der Waals surface area (Å²) >= 11 is 0. The Balaban J connectivity index is 1.91. The Morgan fingerprint density at radius 1 is 1.28 bits per heavy atom. The van der Waals surface area contributed by atoms with Gasteiger partial charge in [0.25, 0.3) is 0 Å². The van der Waals surface area contributed by atoms with Gasteiger partial charge in [-0.2, -0.15) is 0 Å². The molecule has 162 valence electrons. The number of carbonyl (C=O) groups is 1. The smallest absolute Gasteiger partial charge is 0.234 e. The third-order valence-corrected chi connectivity index (χ3v) is 4.72. The average Bonchev–Trinajstić information content (AvgIpc) is 2.71. The molecule has 8 heteroatoms. The molecule has 0 saturated carbocycles. The number of methoxy groups -OCH3 is 1. The maximum atomic E-state index is 12.0. The Hall–Kier alpha value is -2.32. The molecule has 0 aromatic heterocycles. The van der Waals surface area contributed by atoms with Crippen molar-refractivity contribution in [3.8, 4) is 5.75 Å². The summed E-state index contributed by atoms with van der Waals surface area (Å²) in [6.07, 6.45) is -0.695. The molecule has 0 bridgehead atoms. The summed E-state index contributed by atoms with van der Waals surface area (Å²) in [6.45, 7) is 10.6. The van der Waals surface area contributed by atoms with Crippen LogP contribution in [0.1, 0.15) is 32.4 Å². The number of nitrogens with zero attached hydrogens (tertiary/aromatic N) is 3. The Kier molecular flexibility index (Phi) is 9.21. The van der Waals surface area contributed by atoms with E-state index in [9.17, 15) is 9.90 Å². The van der Waals surface area contributed by atoms with Crippen LogP contribution in [0.2, 0.25) is 0 Å². The molecule has 1 aliphatic heterocycles. The predicted molar refractivity (Wildman–Crippen MR) is 115 cm³/mol. The third-order valence-electron chi connectivity index (χ3n) is 4.72. The van der Waals surface area contributed by atoms with Gasteiger partial charge in [-0.25, -0.2) is 0 Å². The minimum absolute atomic E-state index is 0.0652. The highest BCUT2D eigenvalue weighted by Gasteiger charge is 2.21. The van der Waals surface area contributed by atoms with Crippen molar-refractivity contribution in [1.29, 1.82) is 0 Å². The number of rotatable bonds is 8. The minimum atomic E-state index is -0.695. The number of benzene rings is 1. The molecule has 2 rings (SSSR count). The predicted octanol–water partition coefficient (Wildman–Crippen LogP) is 0.836. The van der Waals surface area contributed by atoms with Crippen molar-refractivity contribution in [2.75, 3.05) is 52.9 Å². The quantitative estimate of drug-likeness (QED) is 0.439. The number of piperazine rings is 1. The molecule has 1 fully saturated rings. The lowest BCUT2D eigenvalue weighted by Crippen LogP contribution is -2.54. The van der Waals surface area contributed by atoms with Crippen LogP contribution in [0.5, 0.6) is 5.75 Å². The first-order chi connectivity index (χ1) is 13.9. The monoisotopic (exact) mass is 405 g/mol. The van der Waals surface area contributed by atoms with Crippen LogP contribution >= 0.6 is 0 Å². The second-order valence-electron chi connectivity index (χ2n) is 7.47. The lowest BCUT2D eigenvalue weighted by molar-refractivity contribution is -0.123. The van der Waals surface area contributed by atoms with Gasteiger partial charge in [0.2, 0.25) is 5.91 Å². The zero-order valence-electron chi connectivity index (χ0n) is 18.0. The molecular formula is C21H35N5O3. The van der Waals surface area contributed by atoms with Crippen molar-refractivity contribution in [1.82, 2.24) is 20.4 Å². The SMILES string of the molecule is CCNC(=NCC(O)c1cccc(OC)c1)N1CCN(CC(=O)NC(C)C)CC1. The van der Waals surface area contributed by atoms with Gasteiger partial charge in [0.1, 0.15) is 5.75 Å². The molecule has 1 saturated heterocycles. The third kappa shape index (κ3) is 7.55. The van der Waals surface area contributed by atoms with Crippen molar-refractivity contribution in [3.63, 3.8) is 0 Å². The van der Waals surface area contributed by atoms with Gasteiger partial charge in [-0.3, -0.25) is 14.7 Å². The number of nitrogens with one attached hydrogen (secondary N) is 2. The van der Waals surface area contributed by atoms with Crippen LogP contribution < -0.4 is 15.4 Å². The Labute approximate surface area is 173 Å². The van der Waals surface area contributed by atoms with Crippen LogP contribution in [0.3, 0.4) is 0 Å². The van der Waals surface area contributed by atoms with E-state index in [1.807, 2.05) is 45.0 Å². The van der Waals surface area contributed by atoms with Crippen LogP contribution in [0.25, 0.3) is 0 Å². The molecule has 3 N–H and O–H groups in total. The van der Waals surface area contributed by atoms with E-state index in [2.05, 4.69) is 25.4 Å². The topological polar surface area (TPSA) is 89.4 Å². The van der Waals surface area contributed by atoms with Gasteiger partial charge in [0.05, 0.1) is 26.3 Å². The molecule has 1 heterocycles. The van der Waals surface area contributed by atoms with E-state index in [0.717, 1.165) is 50.0 Å². The summed E-state index contributed by atoms with van der Waals surface area (Å²) in [5.41, 5.74) is 0.782. The largest absolute Gasteiger partial charge is 0.497 e. The number of carbonyl (C=O) groups excluding carboxylic acids is 1. The average molecular weight is 406 g/mol. The number of ether oxygens (including phenoxy) is 1. The first-order valence-corrected chi connectivity index (χ1v) is 10.3. The van der Waals surface area contributed by atoms with Gasteiger partial charge < -0.3 is 25.4 Å². The number of hydrogen-bond acceptors (Lipinski definition) is 5. The van der Waals surface area contributed by atoms with Crippen LogP contribution in [0.15, 0.2) is 29.3 Å². The molecule has 1 aromatic rings. The first-order valence-electron chi connectivity index (χ1n) is 10.3.